The van der Waals surface area contributed by atoms with Gasteiger partial charge in [0.05, 0.1) is 6.21 Å². The van der Waals surface area contributed by atoms with Gasteiger partial charge in [0.1, 0.15) is 5.75 Å². The van der Waals surface area contributed by atoms with Gasteiger partial charge in [-0.3, -0.25) is 4.79 Å². The highest BCUT2D eigenvalue weighted by Gasteiger charge is 2.13. The molecule has 162 valence electrons. The van der Waals surface area contributed by atoms with E-state index in [0.29, 0.717) is 5.75 Å². The quantitative estimate of drug-likeness (QED) is 0.437. The predicted molar refractivity (Wildman–Crippen MR) is 126 cm³/mol. The highest BCUT2D eigenvalue weighted by atomic mass is 16.5. The molecular weight excluding hydrogens is 374 g/mol. The third-order valence-corrected chi connectivity index (χ3v) is 4.74. The van der Waals surface area contributed by atoms with Gasteiger partial charge < -0.3 is 9.64 Å². The first kappa shape index (κ1) is 23.5. The summed E-state index contributed by atoms with van der Waals surface area (Å²) in [5.41, 5.74) is 5.97. The van der Waals surface area contributed by atoms with E-state index in [0.717, 1.165) is 31.5 Å². The van der Waals surface area contributed by atoms with E-state index in [9.17, 15) is 4.79 Å². The van der Waals surface area contributed by atoms with Crippen molar-refractivity contribution < 1.29 is 9.53 Å². The first-order valence-electron chi connectivity index (χ1n) is 10.7. The van der Waals surface area contributed by atoms with E-state index in [1.54, 1.807) is 6.21 Å². The van der Waals surface area contributed by atoms with Crippen molar-refractivity contribution in [1.29, 1.82) is 0 Å². The van der Waals surface area contributed by atoms with Gasteiger partial charge in [0, 0.05) is 18.8 Å². The number of hydrogen-bond acceptors (Lipinski definition) is 4. The number of benzene rings is 2. The summed E-state index contributed by atoms with van der Waals surface area (Å²) in [5.74, 6) is 0.376. The van der Waals surface area contributed by atoms with Crippen LogP contribution in [0.4, 0.5) is 5.69 Å². The molecule has 30 heavy (non-hydrogen) atoms. The van der Waals surface area contributed by atoms with Crippen molar-refractivity contribution in [3.63, 3.8) is 0 Å². The second kappa shape index (κ2) is 11.4. The van der Waals surface area contributed by atoms with E-state index in [4.69, 9.17) is 4.74 Å². The van der Waals surface area contributed by atoms with Gasteiger partial charge in [-0.25, -0.2) is 5.43 Å². The number of ether oxygens (including phenoxy) is 1. The zero-order valence-corrected chi connectivity index (χ0v) is 18.9. The van der Waals surface area contributed by atoms with Crippen LogP contribution in [-0.2, 0) is 10.2 Å². The SMILES string of the molecule is CCCN(CCC)c1ccc(/C=N/NC(=O)COc2ccc(C(C)(C)C)cc2)cc1. The summed E-state index contributed by atoms with van der Waals surface area (Å²) in [6, 6.07) is 16.0. The molecule has 0 bridgehead atoms. The Morgan fingerprint density at radius 2 is 1.60 bits per heavy atom. The Kier molecular flexibility index (Phi) is 8.90. The van der Waals surface area contributed by atoms with Crippen molar-refractivity contribution in [1.82, 2.24) is 5.43 Å². The number of carbonyl (C=O) groups excluding carboxylic acids is 1. The lowest BCUT2D eigenvalue weighted by Crippen LogP contribution is -2.25. The third-order valence-electron chi connectivity index (χ3n) is 4.74. The number of rotatable bonds is 10. The molecule has 0 atom stereocenters. The highest BCUT2D eigenvalue weighted by Crippen LogP contribution is 2.24. The summed E-state index contributed by atoms with van der Waals surface area (Å²) >= 11 is 0. The van der Waals surface area contributed by atoms with E-state index < -0.39 is 0 Å². The van der Waals surface area contributed by atoms with Crippen LogP contribution in [0.25, 0.3) is 0 Å². The number of carbonyl (C=O) groups is 1. The van der Waals surface area contributed by atoms with Gasteiger partial charge in [-0.15, -0.1) is 0 Å². The molecule has 0 saturated carbocycles. The van der Waals surface area contributed by atoms with Crippen molar-refractivity contribution in [3.05, 3.63) is 59.7 Å². The summed E-state index contributed by atoms with van der Waals surface area (Å²) in [6.07, 6.45) is 3.89. The Balaban J connectivity index is 1.81. The molecule has 1 amide bonds. The smallest absolute Gasteiger partial charge is 0.277 e. The molecule has 2 rings (SSSR count). The third kappa shape index (κ3) is 7.54. The minimum absolute atomic E-state index is 0.0753. The van der Waals surface area contributed by atoms with Crippen molar-refractivity contribution in [2.75, 3.05) is 24.6 Å². The number of nitrogens with one attached hydrogen (secondary N) is 1. The van der Waals surface area contributed by atoms with Crippen LogP contribution in [0.15, 0.2) is 53.6 Å². The maximum Gasteiger partial charge on any atom is 0.277 e. The van der Waals surface area contributed by atoms with Gasteiger partial charge >= 0.3 is 0 Å². The average molecular weight is 410 g/mol. The number of amides is 1. The van der Waals surface area contributed by atoms with Gasteiger partial charge in [-0.1, -0.05) is 58.9 Å². The van der Waals surface area contributed by atoms with E-state index in [1.807, 2.05) is 36.4 Å². The molecule has 0 spiro atoms. The number of anilines is 1. The fraction of sp³-hybridized carbons (Fsp3) is 0.440. The molecule has 2 aromatic carbocycles. The summed E-state index contributed by atoms with van der Waals surface area (Å²) in [7, 11) is 0. The van der Waals surface area contributed by atoms with Gasteiger partial charge in [0.15, 0.2) is 6.61 Å². The lowest BCUT2D eigenvalue weighted by Gasteiger charge is -2.23. The maximum absolute atomic E-state index is 12.0. The first-order valence-corrected chi connectivity index (χ1v) is 10.7. The van der Waals surface area contributed by atoms with Crippen molar-refractivity contribution in [2.24, 2.45) is 5.10 Å². The second-order valence-electron chi connectivity index (χ2n) is 8.43. The van der Waals surface area contributed by atoms with Crippen LogP contribution in [0.2, 0.25) is 0 Å². The van der Waals surface area contributed by atoms with Crippen molar-refractivity contribution in [2.45, 2.75) is 52.9 Å². The number of nitrogens with zero attached hydrogens (tertiary/aromatic N) is 2. The van der Waals surface area contributed by atoms with E-state index in [1.165, 1.54) is 11.3 Å². The summed E-state index contributed by atoms with van der Waals surface area (Å²) in [5, 5.41) is 4.03. The van der Waals surface area contributed by atoms with Crippen LogP contribution < -0.4 is 15.1 Å². The van der Waals surface area contributed by atoms with Gasteiger partial charge in [0.25, 0.3) is 5.91 Å². The fourth-order valence-electron chi connectivity index (χ4n) is 3.09. The summed E-state index contributed by atoms with van der Waals surface area (Å²) in [6.45, 7) is 12.9. The Morgan fingerprint density at radius 3 is 2.13 bits per heavy atom. The Morgan fingerprint density at radius 1 is 1.00 bits per heavy atom. The zero-order valence-electron chi connectivity index (χ0n) is 18.9. The van der Waals surface area contributed by atoms with Crippen LogP contribution in [0.1, 0.15) is 58.6 Å². The molecule has 0 aliphatic rings. The van der Waals surface area contributed by atoms with Crippen LogP contribution in [0, 0.1) is 0 Å². The lowest BCUT2D eigenvalue weighted by molar-refractivity contribution is -0.123. The molecule has 0 saturated heterocycles. The second-order valence-corrected chi connectivity index (χ2v) is 8.43. The average Bonchev–Trinajstić information content (AvgIpc) is 2.72. The molecule has 0 radical (unpaired) electrons. The van der Waals surface area contributed by atoms with Crippen molar-refractivity contribution in [3.8, 4) is 5.75 Å². The number of hydrogen-bond donors (Lipinski definition) is 1. The van der Waals surface area contributed by atoms with E-state index >= 15 is 0 Å². The fourth-order valence-corrected chi connectivity index (χ4v) is 3.09. The maximum atomic E-state index is 12.0. The minimum atomic E-state index is -0.292. The highest BCUT2D eigenvalue weighted by molar-refractivity contribution is 5.83. The topological polar surface area (TPSA) is 53.9 Å². The van der Waals surface area contributed by atoms with E-state index in [2.05, 4.69) is 62.2 Å². The van der Waals surface area contributed by atoms with Crippen LogP contribution in [0.3, 0.4) is 0 Å². The zero-order chi connectivity index (χ0) is 22.0. The molecule has 5 nitrogen and oxygen atoms in total. The molecule has 0 aliphatic carbocycles. The molecule has 0 aliphatic heterocycles. The molecule has 0 fully saturated rings. The Labute approximate surface area is 181 Å². The Hall–Kier alpha value is -2.82. The normalized spacial score (nSPS) is 11.5. The number of hydrazone groups is 1. The Bertz CT molecular complexity index is 800. The minimum Gasteiger partial charge on any atom is -0.484 e. The van der Waals surface area contributed by atoms with Crippen LogP contribution >= 0.6 is 0 Å². The first-order chi connectivity index (χ1) is 14.3. The summed E-state index contributed by atoms with van der Waals surface area (Å²) in [4.78, 5) is 14.3. The standard InChI is InChI=1S/C25H35N3O2/c1-6-16-28(17-7-2)22-12-8-20(9-13-22)18-26-27-24(29)19-30-23-14-10-21(11-15-23)25(3,4)5/h8-15,18H,6-7,16-17,19H2,1-5H3,(H,27,29)/b26-18+. The molecule has 2 aromatic rings. The van der Waals surface area contributed by atoms with Gasteiger partial charge in [0.2, 0.25) is 0 Å². The van der Waals surface area contributed by atoms with Gasteiger partial charge in [-0.05, 0) is 53.6 Å². The van der Waals surface area contributed by atoms with Gasteiger partial charge in [-0.2, -0.15) is 5.10 Å². The molecule has 1 N–H and O–H groups in total. The summed E-state index contributed by atoms with van der Waals surface area (Å²) < 4.78 is 5.53. The molecule has 0 aromatic heterocycles. The van der Waals surface area contributed by atoms with Crippen LogP contribution in [0.5, 0.6) is 5.75 Å². The molecule has 5 heteroatoms. The van der Waals surface area contributed by atoms with Crippen LogP contribution in [-0.4, -0.2) is 31.8 Å². The lowest BCUT2D eigenvalue weighted by atomic mass is 9.87. The molecule has 0 heterocycles. The largest absolute Gasteiger partial charge is 0.484 e. The predicted octanol–water partition coefficient (Wildman–Crippen LogP) is 5.14. The molecule has 0 unspecified atom stereocenters. The van der Waals surface area contributed by atoms with E-state index in [-0.39, 0.29) is 17.9 Å². The molecular formula is C25H35N3O2. The monoisotopic (exact) mass is 409 g/mol. The van der Waals surface area contributed by atoms with Crippen molar-refractivity contribution >= 4 is 17.8 Å².